The molecule has 7 heteroatoms. The zero-order valence-corrected chi connectivity index (χ0v) is 12.7. The molecule has 0 unspecified atom stereocenters. The molecule has 5 rings (SSSR count). The monoisotopic (exact) mass is 310 g/mol. The van der Waals surface area contributed by atoms with Crippen LogP contribution in [0.25, 0.3) is 22.6 Å². The number of hydrogen-bond donors (Lipinski definition) is 2. The first-order valence-corrected chi connectivity index (χ1v) is 7.95. The van der Waals surface area contributed by atoms with Crippen LogP contribution in [-0.2, 0) is 18.0 Å². The highest BCUT2D eigenvalue weighted by molar-refractivity contribution is 5.84. The number of hydrogen-bond acceptors (Lipinski definition) is 5. The first-order valence-electron chi connectivity index (χ1n) is 7.95. The van der Waals surface area contributed by atoms with Gasteiger partial charge in [0, 0.05) is 19.6 Å². The zero-order chi connectivity index (χ0) is 15.2. The summed E-state index contributed by atoms with van der Waals surface area (Å²) in [5.74, 6) is 0.953. The molecule has 2 aliphatic rings. The molecule has 118 valence electrons. The highest BCUT2D eigenvalue weighted by Gasteiger charge is 2.22. The molecule has 0 bridgehead atoms. The average molecular weight is 310 g/mol. The summed E-state index contributed by atoms with van der Waals surface area (Å²) in [5, 5.41) is 10.5. The second-order valence-corrected chi connectivity index (χ2v) is 6.07. The molecule has 0 aliphatic carbocycles. The minimum Gasteiger partial charge on any atom is -0.379 e. The van der Waals surface area contributed by atoms with Crippen LogP contribution in [0.4, 0.5) is 5.69 Å². The number of anilines is 1. The number of fused-ring (bicyclic) bond motifs is 5. The van der Waals surface area contributed by atoms with E-state index in [1.165, 1.54) is 11.1 Å². The van der Waals surface area contributed by atoms with Gasteiger partial charge in [-0.3, -0.25) is 10.00 Å². The summed E-state index contributed by atoms with van der Waals surface area (Å²) in [4.78, 5) is 7.21. The van der Waals surface area contributed by atoms with E-state index in [1.54, 1.807) is 0 Å². The summed E-state index contributed by atoms with van der Waals surface area (Å²) < 4.78 is 7.63. The molecule has 3 aromatic rings. The number of benzene rings is 1. The number of nitrogens with one attached hydrogen (secondary N) is 2. The fourth-order valence-corrected chi connectivity index (χ4v) is 3.39. The van der Waals surface area contributed by atoms with E-state index >= 15 is 0 Å². The molecule has 7 nitrogen and oxygen atoms in total. The Morgan fingerprint density at radius 1 is 1.22 bits per heavy atom. The van der Waals surface area contributed by atoms with Crippen LogP contribution in [-0.4, -0.2) is 51.0 Å². The zero-order valence-electron chi connectivity index (χ0n) is 12.7. The van der Waals surface area contributed by atoms with Crippen LogP contribution in [0.3, 0.4) is 0 Å². The van der Waals surface area contributed by atoms with Crippen molar-refractivity contribution >= 4 is 16.7 Å². The van der Waals surface area contributed by atoms with Gasteiger partial charge in [0.15, 0.2) is 5.82 Å². The lowest BCUT2D eigenvalue weighted by Crippen LogP contribution is -2.35. The quantitative estimate of drug-likeness (QED) is 0.753. The maximum Gasteiger partial charge on any atom is 0.162 e. The number of rotatable bonds is 2. The van der Waals surface area contributed by atoms with E-state index in [2.05, 4.69) is 43.2 Å². The van der Waals surface area contributed by atoms with Gasteiger partial charge in [0.2, 0.25) is 0 Å². The highest BCUT2D eigenvalue weighted by Crippen LogP contribution is 2.32. The SMILES string of the molecule is c1cc2nc3n(c2cc1CN1CCOCC1)CNc1cn[nH]c1-3. The van der Waals surface area contributed by atoms with E-state index < -0.39 is 0 Å². The summed E-state index contributed by atoms with van der Waals surface area (Å²) in [6, 6.07) is 6.55. The molecule has 0 saturated carbocycles. The first kappa shape index (κ1) is 13.1. The third-order valence-electron chi connectivity index (χ3n) is 4.61. The van der Waals surface area contributed by atoms with Crippen molar-refractivity contribution in [2.24, 2.45) is 0 Å². The van der Waals surface area contributed by atoms with Gasteiger partial charge < -0.3 is 14.6 Å². The Hall–Kier alpha value is -2.38. The van der Waals surface area contributed by atoms with E-state index in [4.69, 9.17) is 9.72 Å². The molecule has 0 spiro atoms. The molecule has 0 atom stereocenters. The van der Waals surface area contributed by atoms with Crippen molar-refractivity contribution in [3.8, 4) is 11.5 Å². The molecular formula is C16H18N6O. The van der Waals surface area contributed by atoms with Gasteiger partial charge in [0.25, 0.3) is 0 Å². The summed E-state index contributed by atoms with van der Waals surface area (Å²) in [6.07, 6.45) is 1.81. The highest BCUT2D eigenvalue weighted by atomic mass is 16.5. The number of imidazole rings is 1. The third kappa shape index (κ3) is 2.12. The number of ether oxygens (including phenoxy) is 1. The van der Waals surface area contributed by atoms with Gasteiger partial charge in [-0.05, 0) is 17.7 Å². The van der Waals surface area contributed by atoms with E-state index in [-0.39, 0.29) is 0 Å². The Bertz CT molecular complexity index is 861. The van der Waals surface area contributed by atoms with E-state index in [9.17, 15) is 0 Å². The predicted molar refractivity (Wildman–Crippen MR) is 87.0 cm³/mol. The Balaban J connectivity index is 1.53. The van der Waals surface area contributed by atoms with E-state index in [0.717, 1.165) is 62.2 Å². The molecule has 2 N–H and O–H groups in total. The summed E-state index contributed by atoms with van der Waals surface area (Å²) in [7, 11) is 0. The molecule has 1 fully saturated rings. The number of H-pyrrole nitrogens is 1. The molecule has 1 aromatic carbocycles. The van der Waals surface area contributed by atoms with Crippen LogP contribution < -0.4 is 5.32 Å². The smallest absolute Gasteiger partial charge is 0.162 e. The summed E-state index contributed by atoms with van der Waals surface area (Å²) in [6.45, 7) is 5.35. The Kier molecular flexibility index (Phi) is 2.89. The van der Waals surface area contributed by atoms with Crippen molar-refractivity contribution in [2.45, 2.75) is 13.2 Å². The van der Waals surface area contributed by atoms with Crippen molar-refractivity contribution in [3.63, 3.8) is 0 Å². The van der Waals surface area contributed by atoms with Crippen molar-refractivity contribution < 1.29 is 4.74 Å². The van der Waals surface area contributed by atoms with Crippen molar-refractivity contribution in [1.82, 2.24) is 24.6 Å². The van der Waals surface area contributed by atoms with Gasteiger partial charge in [-0.25, -0.2) is 4.98 Å². The Morgan fingerprint density at radius 3 is 3.04 bits per heavy atom. The minimum absolute atomic E-state index is 0.722. The molecule has 2 aliphatic heterocycles. The number of nitrogens with zero attached hydrogens (tertiary/aromatic N) is 4. The van der Waals surface area contributed by atoms with Crippen molar-refractivity contribution in [3.05, 3.63) is 30.0 Å². The van der Waals surface area contributed by atoms with Crippen LogP contribution in [0.15, 0.2) is 24.4 Å². The average Bonchev–Trinajstić information content (AvgIpc) is 3.19. The fourth-order valence-electron chi connectivity index (χ4n) is 3.39. The Morgan fingerprint density at radius 2 is 2.13 bits per heavy atom. The first-order chi connectivity index (χ1) is 11.4. The molecule has 2 aromatic heterocycles. The topological polar surface area (TPSA) is 71.0 Å². The molecule has 1 saturated heterocycles. The van der Waals surface area contributed by atoms with Gasteiger partial charge >= 0.3 is 0 Å². The van der Waals surface area contributed by atoms with Crippen molar-refractivity contribution in [2.75, 3.05) is 31.6 Å². The van der Waals surface area contributed by atoms with Crippen LogP contribution in [0.2, 0.25) is 0 Å². The summed E-state index contributed by atoms with van der Waals surface area (Å²) in [5.41, 5.74) is 5.48. The maximum atomic E-state index is 5.42. The van der Waals surface area contributed by atoms with Gasteiger partial charge in [-0.1, -0.05) is 6.07 Å². The van der Waals surface area contributed by atoms with Crippen LogP contribution >= 0.6 is 0 Å². The maximum absolute atomic E-state index is 5.42. The molecule has 23 heavy (non-hydrogen) atoms. The number of morpholine rings is 1. The molecule has 0 amide bonds. The molecule has 0 radical (unpaired) electrons. The summed E-state index contributed by atoms with van der Waals surface area (Å²) >= 11 is 0. The van der Waals surface area contributed by atoms with E-state index in [0.29, 0.717) is 0 Å². The van der Waals surface area contributed by atoms with Crippen LogP contribution in [0.5, 0.6) is 0 Å². The number of aromatic amines is 1. The number of aromatic nitrogens is 4. The standard InChI is InChI=1S/C16H18N6O/c1-2-12-14(7-11(1)9-21-3-5-23-6-4-21)22-10-17-13-8-18-20-15(13)16(22)19-12/h1-2,7-8,17H,3-6,9-10H2,(H,18,20). The molecule has 4 heterocycles. The lowest BCUT2D eigenvalue weighted by molar-refractivity contribution is 0.0342. The van der Waals surface area contributed by atoms with Gasteiger partial charge in [0.05, 0.1) is 42.8 Å². The van der Waals surface area contributed by atoms with E-state index in [1.807, 2.05) is 6.20 Å². The van der Waals surface area contributed by atoms with Crippen LogP contribution in [0, 0.1) is 0 Å². The normalized spacial score (nSPS) is 17.7. The largest absolute Gasteiger partial charge is 0.379 e. The second-order valence-electron chi connectivity index (χ2n) is 6.07. The lowest BCUT2D eigenvalue weighted by Gasteiger charge is -2.26. The Labute approximate surface area is 133 Å². The fraction of sp³-hybridized carbons (Fsp3) is 0.375. The lowest BCUT2D eigenvalue weighted by atomic mass is 10.2. The van der Waals surface area contributed by atoms with Crippen molar-refractivity contribution in [1.29, 1.82) is 0 Å². The minimum atomic E-state index is 0.722. The second kappa shape index (κ2) is 5.07. The molecular weight excluding hydrogens is 292 g/mol. The van der Waals surface area contributed by atoms with Gasteiger partial charge in [0.1, 0.15) is 5.69 Å². The third-order valence-corrected chi connectivity index (χ3v) is 4.61. The van der Waals surface area contributed by atoms with Crippen LogP contribution in [0.1, 0.15) is 5.56 Å². The predicted octanol–water partition coefficient (Wildman–Crippen LogP) is 1.64. The van der Waals surface area contributed by atoms with Gasteiger partial charge in [-0.15, -0.1) is 0 Å². The van der Waals surface area contributed by atoms with Gasteiger partial charge in [-0.2, -0.15) is 5.10 Å².